The molecule has 134 valence electrons. The fraction of sp³-hybridized carbons (Fsp3) is 0.143. The molecule has 0 aliphatic heterocycles. The van der Waals surface area contributed by atoms with E-state index in [-0.39, 0.29) is 0 Å². The highest BCUT2D eigenvalue weighted by Crippen LogP contribution is 2.34. The molecule has 0 saturated heterocycles. The predicted molar refractivity (Wildman–Crippen MR) is 112 cm³/mol. The van der Waals surface area contributed by atoms with Crippen molar-refractivity contribution in [1.29, 1.82) is 0 Å². The molecule has 0 N–H and O–H groups in total. The van der Waals surface area contributed by atoms with E-state index in [2.05, 4.69) is 51.4 Å². The van der Waals surface area contributed by atoms with Gasteiger partial charge in [-0.2, -0.15) is 0 Å². The minimum Gasteiger partial charge on any atom is -0.264 e. The zero-order valence-corrected chi connectivity index (χ0v) is 16.7. The predicted octanol–water partition coefficient (Wildman–Crippen LogP) is 5.57. The molecule has 4 nitrogen and oxygen atoms in total. The van der Waals surface area contributed by atoms with Crippen molar-refractivity contribution in [2.45, 2.75) is 24.6 Å². The molecule has 0 radical (unpaired) electrons. The van der Waals surface area contributed by atoms with Gasteiger partial charge in [0.05, 0.1) is 10.6 Å². The number of hydrogen-bond acceptors (Lipinski definition) is 6. The Hall–Kier alpha value is -2.57. The lowest BCUT2D eigenvalue weighted by Crippen LogP contribution is -1.90. The summed E-state index contributed by atoms with van der Waals surface area (Å²) < 4.78 is 0. The second-order valence-electron chi connectivity index (χ2n) is 6.21. The number of aromatic nitrogens is 4. The number of rotatable bonds is 5. The van der Waals surface area contributed by atoms with Crippen LogP contribution >= 0.6 is 23.1 Å². The normalized spacial score (nSPS) is 10.9. The van der Waals surface area contributed by atoms with Gasteiger partial charge in [0.2, 0.25) is 0 Å². The molecule has 3 aromatic heterocycles. The van der Waals surface area contributed by atoms with Gasteiger partial charge in [-0.15, -0.1) is 21.5 Å². The Morgan fingerprint density at radius 1 is 1.00 bits per heavy atom. The Labute approximate surface area is 166 Å². The van der Waals surface area contributed by atoms with Gasteiger partial charge in [0.25, 0.3) is 0 Å². The summed E-state index contributed by atoms with van der Waals surface area (Å²) in [5.41, 5.74) is 5.42. The van der Waals surface area contributed by atoms with Crippen molar-refractivity contribution >= 4 is 23.1 Å². The number of thiazole rings is 1. The van der Waals surface area contributed by atoms with Gasteiger partial charge in [0, 0.05) is 23.7 Å². The smallest absolute Gasteiger partial charge is 0.125 e. The maximum absolute atomic E-state index is 4.67. The van der Waals surface area contributed by atoms with E-state index in [1.165, 1.54) is 11.1 Å². The highest BCUT2D eigenvalue weighted by atomic mass is 32.2. The third-order valence-corrected chi connectivity index (χ3v) is 6.27. The van der Waals surface area contributed by atoms with Gasteiger partial charge in [-0.25, -0.2) is 4.98 Å². The molecule has 4 rings (SSSR count). The molecule has 0 atom stereocenters. The van der Waals surface area contributed by atoms with Gasteiger partial charge in [0.1, 0.15) is 15.7 Å². The number of aryl methyl sites for hydroxylation is 2. The summed E-state index contributed by atoms with van der Waals surface area (Å²) in [6.45, 7) is 4.12. The van der Waals surface area contributed by atoms with Gasteiger partial charge >= 0.3 is 0 Å². The average Bonchev–Trinajstić information content (AvgIpc) is 3.09. The van der Waals surface area contributed by atoms with Crippen LogP contribution in [0.2, 0.25) is 0 Å². The fourth-order valence-corrected chi connectivity index (χ4v) is 4.50. The number of benzene rings is 1. The molecule has 6 heteroatoms. The van der Waals surface area contributed by atoms with Crippen molar-refractivity contribution in [3.05, 3.63) is 77.7 Å². The summed E-state index contributed by atoms with van der Waals surface area (Å²) in [5.74, 6) is 0.889. The highest BCUT2D eigenvalue weighted by molar-refractivity contribution is 7.98. The number of hydrogen-bond donors (Lipinski definition) is 0. The molecular weight excluding hydrogens is 372 g/mol. The highest BCUT2D eigenvalue weighted by Gasteiger charge is 2.13. The summed E-state index contributed by atoms with van der Waals surface area (Å²) in [4.78, 5) is 9.89. The van der Waals surface area contributed by atoms with Gasteiger partial charge in [-0.05, 0) is 43.7 Å². The van der Waals surface area contributed by atoms with Crippen molar-refractivity contribution in [2.24, 2.45) is 0 Å². The van der Waals surface area contributed by atoms with Crippen LogP contribution in [0.4, 0.5) is 0 Å². The second-order valence-corrected chi connectivity index (χ2v) is 8.20. The average molecular weight is 391 g/mol. The van der Waals surface area contributed by atoms with Crippen molar-refractivity contribution in [1.82, 2.24) is 20.2 Å². The number of nitrogens with zero attached hydrogens (tertiary/aromatic N) is 4. The Bertz CT molecular complexity index is 1040. The lowest BCUT2D eigenvalue weighted by atomic mass is 10.2. The minimum absolute atomic E-state index is 0.861. The molecular formula is C21H18N4S2. The van der Waals surface area contributed by atoms with Crippen molar-refractivity contribution < 1.29 is 0 Å². The summed E-state index contributed by atoms with van der Waals surface area (Å²) in [7, 11) is 0. The molecule has 0 unspecified atom stereocenters. The molecule has 0 saturated carbocycles. The van der Waals surface area contributed by atoms with E-state index in [0.717, 1.165) is 37.6 Å². The van der Waals surface area contributed by atoms with Crippen LogP contribution < -0.4 is 0 Å². The topological polar surface area (TPSA) is 51.6 Å². The van der Waals surface area contributed by atoms with E-state index in [1.54, 1.807) is 29.3 Å². The van der Waals surface area contributed by atoms with Crippen LogP contribution in [-0.2, 0) is 5.75 Å². The second kappa shape index (κ2) is 7.98. The van der Waals surface area contributed by atoms with E-state index < -0.39 is 0 Å². The SMILES string of the molecule is Cc1cccc(CSc2ccc(-c3sc(-c4cccnc4)nc3C)nn2)c1. The van der Waals surface area contributed by atoms with Crippen molar-refractivity contribution in [3.63, 3.8) is 0 Å². The van der Waals surface area contributed by atoms with Crippen LogP contribution in [0.3, 0.4) is 0 Å². The largest absolute Gasteiger partial charge is 0.264 e. The van der Waals surface area contributed by atoms with Crippen LogP contribution in [-0.4, -0.2) is 20.2 Å². The Morgan fingerprint density at radius 2 is 1.93 bits per heavy atom. The monoisotopic (exact) mass is 390 g/mol. The molecule has 0 aliphatic rings. The first-order chi connectivity index (χ1) is 13.2. The van der Waals surface area contributed by atoms with E-state index in [0.29, 0.717) is 0 Å². The van der Waals surface area contributed by atoms with Gasteiger partial charge < -0.3 is 0 Å². The minimum atomic E-state index is 0.861. The molecule has 0 fully saturated rings. The number of thioether (sulfide) groups is 1. The summed E-state index contributed by atoms with van der Waals surface area (Å²) in [6.07, 6.45) is 3.60. The summed E-state index contributed by atoms with van der Waals surface area (Å²) in [5, 5.41) is 10.7. The summed E-state index contributed by atoms with van der Waals surface area (Å²) >= 11 is 3.32. The Balaban J connectivity index is 1.50. The lowest BCUT2D eigenvalue weighted by Gasteiger charge is -2.03. The van der Waals surface area contributed by atoms with Crippen LogP contribution in [0.1, 0.15) is 16.8 Å². The van der Waals surface area contributed by atoms with Crippen LogP contribution in [0.5, 0.6) is 0 Å². The molecule has 1 aromatic carbocycles. The third kappa shape index (κ3) is 4.23. The van der Waals surface area contributed by atoms with Gasteiger partial charge in [-0.1, -0.05) is 41.6 Å². The van der Waals surface area contributed by atoms with Gasteiger partial charge in [0.15, 0.2) is 0 Å². The van der Waals surface area contributed by atoms with Crippen LogP contribution in [0.15, 0.2) is 66.0 Å². The van der Waals surface area contributed by atoms with E-state index in [1.807, 2.05) is 37.4 Å². The van der Waals surface area contributed by atoms with E-state index in [9.17, 15) is 0 Å². The van der Waals surface area contributed by atoms with Gasteiger partial charge in [-0.3, -0.25) is 4.98 Å². The Kier molecular flexibility index (Phi) is 5.27. The molecule has 4 aromatic rings. The first-order valence-electron chi connectivity index (χ1n) is 8.59. The first kappa shape index (κ1) is 17.8. The first-order valence-corrected chi connectivity index (χ1v) is 10.4. The lowest BCUT2D eigenvalue weighted by molar-refractivity contribution is 0.936. The maximum atomic E-state index is 4.67. The maximum Gasteiger partial charge on any atom is 0.125 e. The van der Waals surface area contributed by atoms with E-state index >= 15 is 0 Å². The molecule has 3 heterocycles. The van der Waals surface area contributed by atoms with Crippen LogP contribution in [0.25, 0.3) is 21.1 Å². The molecule has 0 spiro atoms. The Morgan fingerprint density at radius 3 is 2.67 bits per heavy atom. The molecule has 0 aliphatic carbocycles. The van der Waals surface area contributed by atoms with Crippen molar-refractivity contribution in [2.75, 3.05) is 0 Å². The standard InChI is InChI=1S/C21H18N4S2/c1-14-5-3-6-16(11-14)13-26-19-9-8-18(24-25-19)20-15(2)23-21(27-20)17-7-4-10-22-12-17/h3-12H,13H2,1-2H3. The zero-order valence-electron chi connectivity index (χ0n) is 15.1. The fourth-order valence-electron chi connectivity index (χ4n) is 2.72. The van der Waals surface area contributed by atoms with E-state index in [4.69, 9.17) is 0 Å². The number of pyridine rings is 1. The van der Waals surface area contributed by atoms with Crippen LogP contribution in [0, 0.1) is 13.8 Å². The zero-order chi connectivity index (χ0) is 18.6. The molecule has 0 bridgehead atoms. The summed E-state index contributed by atoms with van der Waals surface area (Å²) in [6, 6.07) is 16.5. The quantitative estimate of drug-likeness (QED) is 0.417. The third-order valence-electron chi connectivity index (χ3n) is 4.05. The van der Waals surface area contributed by atoms with Crippen molar-refractivity contribution in [3.8, 4) is 21.1 Å². The molecule has 0 amide bonds. The molecule has 27 heavy (non-hydrogen) atoms.